The molecule has 0 amide bonds. The van der Waals surface area contributed by atoms with Crippen LogP contribution in [0, 0.1) is 0 Å². The Bertz CT molecular complexity index is 513. The smallest absolute Gasteiger partial charge is 0.0289 e. The largest absolute Gasteiger partial charge is 0.313 e. The Kier molecular flexibility index (Phi) is 4.75. The molecular weight excluding hydrogens is 230 g/mol. The van der Waals surface area contributed by atoms with E-state index in [9.17, 15) is 0 Å². The lowest BCUT2D eigenvalue weighted by atomic mass is 9.98. The lowest BCUT2D eigenvalue weighted by Gasteiger charge is -2.12. The van der Waals surface area contributed by atoms with Gasteiger partial charge in [0.15, 0.2) is 0 Å². The Balaban J connectivity index is 2.26. The van der Waals surface area contributed by atoms with Gasteiger partial charge in [-0.15, -0.1) is 0 Å². The molecule has 19 heavy (non-hydrogen) atoms. The molecule has 2 rings (SSSR count). The van der Waals surface area contributed by atoms with Crippen molar-refractivity contribution < 1.29 is 0 Å². The number of hydrogen-bond acceptors (Lipinski definition) is 1. The van der Waals surface area contributed by atoms with Crippen molar-refractivity contribution in [3.8, 4) is 11.1 Å². The number of aryl methyl sites for hydroxylation is 1. The zero-order chi connectivity index (χ0) is 13.7. The number of benzene rings is 2. The topological polar surface area (TPSA) is 12.0 Å². The zero-order valence-corrected chi connectivity index (χ0v) is 12.1. The average molecular weight is 253 g/mol. The zero-order valence-electron chi connectivity index (χ0n) is 12.1. The molecule has 100 valence electrons. The highest BCUT2D eigenvalue weighted by Gasteiger charge is 2.04. The van der Waals surface area contributed by atoms with E-state index in [0.717, 1.165) is 6.42 Å². The first-order chi connectivity index (χ1) is 9.24. The molecule has 1 atom stereocenters. The molecule has 0 saturated carbocycles. The molecule has 0 aliphatic rings. The van der Waals surface area contributed by atoms with E-state index in [2.05, 4.69) is 67.7 Å². The Hall–Kier alpha value is -1.60. The molecule has 1 heteroatoms. The van der Waals surface area contributed by atoms with E-state index in [1.807, 2.05) is 7.05 Å². The lowest BCUT2D eigenvalue weighted by Crippen LogP contribution is -2.12. The first-order valence-corrected chi connectivity index (χ1v) is 7.11. The minimum atomic E-state index is 0.388. The van der Waals surface area contributed by atoms with Crippen molar-refractivity contribution in [1.29, 1.82) is 0 Å². The molecule has 0 spiro atoms. The van der Waals surface area contributed by atoms with E-state index in [-0.39, 0.29) is 0 Å². The van der Waals surface area contributed by atoms with Crippen LogP contribution in [0.5, 0.6) is 0 Å². The van der Waals surface area contributed by atoms with Crippen molar-refractivity contribution in [2.45, 2.75) is 32.7 Å². The minimum absolute atomic E-state index is 0.388. The normalized spacial score (nSPS) is 12.4. The van der Waals surface area contributed by atoms with Crippen molar-refractivity contribution in [2.24, 2.45) is 0 Å². The van der Waals surface area contributed by atoms with E-state index in [4.69, 9.17) is 0 Å². The van der Waals surface area contributed by atoms with Gasteiger partial charge in [-0.3, -0.25) is 0 Å². The molecular formula is C18H23N. The average Bonchev–Trinajstić information content (AvgIpc) is 2.48. The Morgan fingerprint density at radius 2 is 1.74 bits per heavy atom. The quantitative estimate of drug-likeness (QED) is 0.822. The van der Waals surface area contributed by atoms with E-state index in [0.29, 0.717) is 6.04 Å². The van der Waals surface area contributed by atoms with Crippen LogP contribution in [0.15, 0.2) is 48.5 Å². The van der Waals surface area contributed by atoms with Crippen LogP contribution >= 0.6 is 0 Å². The standard InChI is InChI=1S/C18H23N/c1-4-6-15-9-11-16(12-10-15)18-8-5-7-17(13-18)14(2)19-3/h5,7-14,19H,4,6H2,1-3H3. The SMILES string of the molecule is CCCc1ccc(-c2cccc(C(C)NC)c2)cc1. The third kappa shape index (κ3) is 3.45. The molecule has 0 aliphatic heterocycles. The summed E-state index contributed by atoms with van der Waals surface area (Å²) in [7, 11) is 2.00. The van der Waals surface area contributed by atoms with Crippen molar-refractivity contribution in [1.82, 2.24) is 5.32 Å². The number of hydrogen-bond donors (Lipinski definition) is 1. The van der Waals surface area contributed by atoms with Gasteiger partial charge in [-0.1, -0.05) is 55.8 Å². The lowest BCUT2D eigenvalue weighted by molar-refractivity contribution is 0.652. The summed E-state index contributed by atoms with van der Waals surface area (Å²) in [4.78, 5) is 0. The molecule has 2 aromatic rings. The molecule has 2 aromatic carbocycles. The summed E-state index contributed by atoms with van der Waals surface area (Å²) < 4.78 is 0. The maximum Gasteiger partial charge on any atom is 0.0289 e. The van der Waals surface area contributed by atoms with Crippen LogP contribution in [0.1, 0.15) is 37.4 Å². The van der Waals surface area contributed by atoms with Gasteiger partial charge >= 0.3 is 0 Å². The Morgan fingerprint density at radius 3 is 2.37 bits per heavy atom. The van der Waals surface area contributed by atoms with E-state index >= 15 is 0 Å². The van der Waals surface area contributed by atoms with Crippen molar-refractivity contribution in [2.75, 3.05) is 7.05 Å². The van der Waals surface area contributed by atoms with Crippen LogP contribution in [-0.2, 0) is 6.42 Å². The van der Waals surface area contributed by atoms with Gasteiger partial charge in [-0.25, -0.2) is 0 Å². The van der Waals surface area contributed by atoms with Crippen LogP contribution in [0.3, 0.4) is 0 Å². The van der Waals surface area contributed by atoms with E-state index in [1.165, 1.54) is 28.7 Å². The summed E-state index contributed by atoms with van der Waals surface area (Å²) >= 11 is 0. The van der Waals surface area contributed by atoms with Gasteiger partial charge in [0.2, 0.25) is 0 Å². The number of rotatable bonds is 5. The highest BCUT2D eigenvalue weighted by Crippen LogP contribution is 2.23. The summed E-state index contributed by atoms with van der Waals surface area (Å²) in [6, 6.07) is 18.1. The highest BCUT2D eigenvalue weighted by molar-refractivity contribution is 5.64. The van der Waals surface area contributed by atoms with Crippen LogP contribution < -0.4 is 5.32 Å². The fourth-order valence-electron chi connectivity index (χ4n) is 2.31. The summed E-state index contributed by atoms with van der Waals surface area (Å²) in [5.74, 6) is 0. The van der Waals surface area contributed by atoms with Crippen LogP contribution in [0.4, 0.5) is 0 Å². The predicted octanol–water partition coefficient (Wildman–Crippen LogP) is 4.59. The van der Waals surface area contributed by atoms with E-state index < -0.39 is 0 Å². The predicted molar refractivity (Wildman–Crippen MR) is 83.3 cm³/mol. The summed E-state index contributed by atoms with van der Waals surface area (Å²) in [5, 5.41) is 3.29. The van der Waals surface area contributed by atoms with Gasteiger partial charge in [0, 0.05) is 6.04 Å². The van der Waals surface area contributed by atoms with Crippen LogP contribution in [0.2, 0.25) is 0 Å². The monoisotopic (exact) mass is 253 g/mol. The summed E-state index contributed by atoms with van der Waals surface area (Å²) in [6.45, 7) is 4.40. The van der Waals surface area contributed by atoms with Gasteiger partial charge in [0.25, 0.3) is 0 Å². The first kappa shape index (κ1) is 13.8. The molecule has 0 heterocycles. The molecule has 0 fully saturated rings. The molecule has 1 N–H and O–H groups in total. The molecule has 1 unspecified atom stereocenters. The van der Waals surface area contributed by atoms with Crippen molar-refractivity contribution >= 4 is 0 Å². The molecule has 0 aliphatic carbocycles. The third-order valence-electron chi connectivity index (χ3n) is 3.65. The fraction of sp³-hybridized carbons (Fsp3) is 0.333. The van der Waals surface area contributed by atoms with Gasteiger partial charge in [-0.2, -0.15) is 0 Å². The Morgan fingerprint density at radius 1 is 1.00 bits per heavy atom. The molecule has 0 radical (unpaired) electrons. The van der Waals surface area contributed by atoms with Crippen molar-refractivity contribution in [3.05, 3.63) is 59.7 Å². The van der Waals surface area contributed by atoms with Crippen LogP contribution in [-0.4, -0.2) is 7.05 Å². The molecule has 0 aromatic heterocycles. The van der Waals surface area contributed by atoms with Crippen LogP contribution in [0.25, 0.3) is 11.1 Å². The fourth-order valence-corrected chi connectivity index (χ4v) is 2.31. The maximum atomic E-state index is 3.29. The first-order valence-electron chi connectivity index (χ1n) is 7.11. The molecule has 0 bridgehead atoms. The third-order valence-corrected chi connectivity index (χ3v) is 3.65. The molecule has 0 saturated heterocycles. The second-order valence-electron chi connectivity index (χ2n) is 5.08. The van der Waals surface area contributed by atoms with E-state index in [1.54, 1.807) is 0 Å². The maximum absolute atomic E-state index is 3.29. The summed E-state index contributed by atoms with van der Waals surface area (Å²) in [6.07, 6.45) is 2.37. The second kappa shape index (κ2) is 6.53. The van der Waals surface area contributed by atoms with Gasteiger partial charge < -0.3 is 5.32 Å². The van der Waals surface area contributed by atoms with Gasteiger partial charge in [0.1, 0.15) is 0 Å². The number of nitrogens with one attached hydrogen (secondary N) is 1. The molecule has 1 nitrogen and oxygen atoms in total. The second-order valence-corrected chi connectivity index (χ2v) is 5.08. The van der Waals surface area contributed by atoms with Gasteiger partial charge in [-0.05, 0) is 48.7 Å². The van der Waals surface area contributed by atoms with Crippen molar-refractivity contribution in [3.63, 3.8) is 0 Å². The summed E-state index contributed by atoms with van der Waals surface area (Å²) in [5.41, 5.74) is 5.34. The Labute approximate surface area is 116 Å². The minimum Gasteiger partial charge on any atom is -0.313 e. The van der Waals surface area contributed by atoms with Gasteiger partial charge in [0.05, 0.1) is 0 Å². The highest BCUT2D eigenvalue weighted by atomic mass is 14.8.